The van der Waals surface area contributed by atoms with Crippen molar-refractivity contribution >= 4 is 43.5 Å². The quantitative estimate of drug-likeness (QED) is 0.800. The van der Waals surface area contributed by atoms with E-state index in [0.717, 1.165) is 6.42 Å². The molecule has 1 atom stereocenters. The number of hydrogen-bond acceptors (Lipinski definition) is 3. The van der Waals surface area contributed by atoms with E-state index >= 15 is 0 Å². The predicted molar refractivity (Wildman–Crippen MR) is 86.9 cm³/mol. The molecule has 1 aromatic carbocycles. The Morgan fingerprint density at radius 2 is 2.00 bits per heavy atom. The van der Waals surface area contributed by atoms with Gasteiger partial charge in [-0.2, -0.15) is 0 Å². The zero-order chi connectivity index (χ0) is 16.4. The molecule has 1 amide bonds. The lowest BCUT2D eigenvalue weighted by Gasteiger charge is -2.21. The Hall–Kier alpha value is -0.630. The Labute approximate surface area is 138 Å². The number of nitrogens with one attached hydrogen (secondary N) is 1. The topological polar surface area (TPSA) is 89.3 Å². The molecule has 0 bridgehead atoms. The summed E-state index contributed by atoms with van der Waals surface area (Å²) in [4.78, 5) is 12.0. The molecule has 0 fully saturated rings. The van der Waals surface area contributed by atoms with Gasteiger partial charge in [-0.1, -0.05) is 48.3 Å². The van der Waals surface area contributed by atoms with E-state index in [-0.39, 0.29) is 27.4 Å². The van der Waals surface area contributed by atoms with E-state index in [2.05, 4.69) is 21.2 Å². The SMILES string of the molecule is CCC(NC(=O)c1cc(Br)cc(S(N)(=O)=O)c1Cl)C(C)C. The molecule has 5 nitrogen and oxygen atoms in total. The van der Waals surface area contributed by atoms with Crippen molar-refractivity contribution in [3.63, 3.8) is 0 Å². The van der Waals surface area contributed by atoms with Crippen molar-refractivity contribution in [1.82, 2.24) is 5.32 Å². The smallest absolute Gasteiger partial charge is 0.253 e. The van der Waals surface area contributed by atoms with Crippen molar-refractivity contribution in [1.29, 1.82) is 0 Å². The summed E-state index contributed by atoms with van der Waals surface area (Å²) in [5, 5.41) is 7.79. The first kappa shape index (κ1) is 18.4. The fraction of sp³-hybridized carbons (Fsp3) is 0.462. The van der Waals surface area contributed by atoms with Crippen LogP contribution in [0, 0.1) is 5.92 Å². The number of sulfonamides is 1. The number of halogens is 2. The van der Waals surface area contributed by atoms with Gasteiger partial charge in [0.05, 0.1) is 10.6 Å². The summed E-state index contributed by atoms with van der Waals surface area (Å²) in [6, 6.07) is 2.72. The number of hydrogen-bond donors (Lipinski definition) is 2. The van der Waals surface area contributed by atoms with Crippen LogP contribution in [0.1, 0.15) is 37.6 Å². The van der Waals surface area contributed by atoms with Gasteiger partial charge in [-0.25, -0.2) is 13.6 Å². The number of benzene rings is 1. The summed E-state index contributed by atoms with van der Waals surface area (Å²) in [6.07, 6.45) is 0.761. The molecule has 0 heterocycles. The molecule has 0 aromatic heterocycles. The van der Waals surface area contributed by atoms with Gasteiger partial charge in [0.15, 0.2) is 0 Å². The molecule has 0 saturated heterocycles. The Bertz CT molecular complexity index is 647. The molecule has 0 aliphatic carbocycles. The number of carbonyl (C=O) groups excluding carboxylic acids is 1. The van der Waals surface area contributed by atoms with Gasteiger partial charge in [0.25, 0.3) is 5.91 Å². The maximum Gasteiger partial charge on any atom is 0.253 e. The number of primary sulfonamides is 1. The van der Waals surface area contributed by atoms with Crippen LogP contribution >= 0.6 is 27.5 Å². The van der Waals surface area contributed by atoms with Gasteiger partial charge in [-0.05, 0) is 24.5 Å². The Morgan fingerprint density at radius 3 is 2.43 bits per heavy atom. The molecular formula is C13H18BrClN2O3S. The van der Waals surface area contributed by atoms with Gasteiger partial charge in [0.1, 0.15) is 4.90 Å². The van der Waals surface area contributed by atoms with Crippen LogP contribution in [0.25, 0.3) is 0 Å². The van der Waals surface area contributed by atoms with Gasteiger partial charge < -0.3 is 5.32 Å². The van der Waals surface area contributed by atoms with Gasteiger partial charge in [0, 0.05) is 10.5 Å². The first-order valence-corrected chi connectivity index (χ1v) is 9.12. The zero-order valence-electron chi connectivity index (χ0n) is 12.0. The molecular weight excluding hydrogens is 380 g/mol. The largest absolute Gasteiger partial charge is 0.349 e. The third-order valence-electron chi connectivity index (χ3n) is 3.12. The van der Waals surface area contributed by atoms with E-state index in [0.29, 0.717) is 4.47 Å². The predicted octanol–water partition coefficient (Wildman–Crippen LogP) is 2.91. The summed E-state index contributed by atoms with van der Waals surface area (Å²) in [5.41, 5.74) is 0.0779. The minimum Gasteiger partial charge on any atom is -0.349 e. The highest BCUT2D eigenvalue weighted by molar-refractivity contribution is 9.10. The van der Waals surface area contributed by atoms with E-state index in [1.165, 1.54) is 12.1 Å². The van der Waals surface area contributed by atoms with Gasteiger partial charge in [-0.3, -0.25) is 4.79 Å². The van der Waals surface area contributed by atoms with E-state index < -0.39 is 15.9 Å². The van der Waals surface area contributed by atoms with Crippen LogP contribution in [0.15, 0.2) is 21.5 Å². The first-order chi connectivity index (χ1) is 9.57. The molecule has 0 spiro atoms. The third kappa shape index (κ3) is 4.67. The zero-order valence-corrected chi connectivity index (χ0v) is 15.1. The van der Waals surface area contributed by atoms with Crippen LogP contribution in [0.3, 0.4) is 0 Å². The minimum atomic E-state index is -4.00. The second-order valence-corrected chi connectivity index (χ2v) is 7.87. The van der Waals surface area contributed by atoms with Gasteiger partial charge >= 0.3 is 0 Å². The molecule has 0 radical (unpaired) electrons. The van der Waals surface area contributed by atoms with Crippen molar-refractivity contribution in [2.75, 3.05) is 0 Å². The molecule has 1 aromatic rings. The summed E-state index contributed by atoms with van der Waals surface area (Å²) < 4.78 is 23.4. The van der Waals surface area contributed by atoms with Gasteiger partial charge in [-0.15, -0.1) is 0 Å². The first-order valence-electron chi connectivity index (χ1n) is 6.40. The fourth-order valence-electron chi connectivity index (χ4n) is 1.92. The average molecular weight is 398 g/mol. The number of nitrogens with two attached hydrogens (primary N) is 1. The van der Waals surface area contributed by atoms with E-state index in [4.69, 9.17) is 16.7 Å². The Balaban J connectivity index is 3.25. The molecule has 1 rings (SSSR count). The maximum atomic E-state index is 12.3. The van der Waals surface area contributed by atoms with Crippen molar-refractivity contribution < 1.29 is 13.2 Å². The Kier molecular flexibility index (Phi) is 6.22. The van der Waals surface area contributed by atoms with Crippen LogP contribution in [-0.2, 0) is 10.0 Å². The van der Waals surface area contributed by atoms with Crippen molar-refractivity contribution in [2.24, 2.45) is 11.1 Å². The molecule has 21 heavy (non-hydrogen) atoms. The van der Waals surface area contributed by atoms with E-state index in [1.807, 2.05) is 20.8 Å². The number of rotatable bonds is 5. The monoisotopic (exact) mass is 396 g/mol. The average Bonchev–Trinajstić information content (AvgIpc) is 2.36. The van der Waals surface area contributed by atoms with Crippen LogP contribution in [0.5, 0.6) is 0 Å². The van der Waals surface area contributed by atoms with E-state index in [1.54, 1.807) is 0 Å². The maximum absolute atomic E-state index is 12.3. The summed E-state index contributed by atoms with van der Waals surface area (Å²) in [5.74, 6) is -0.172. The standard InChI is InChI=1S/C13H18BrClN2O3S/c1-4-10(7(2)3)17-13(18)9-5-8(14)6-11(12(9)15)21(16,19)20/h5-7,10H,4H2,1-3H3,(H,17,18)(H2,16,19,20). The van der Waals surface area contributed by atoms with Crippen LogP contribution in [0.4, 0.5) is 0 Å². The molecule has 118 valence electrons. The van der Waals surface area contributed by atoms with Crippen LogP contribution < -0.4 is 10.5 Å². The lowest BCUT2D eigenvalue weighted by atomic mass is 10.0. The lowest BCUT2D eigenvalue weighted by Crippen LogP contribution is -2.38. The normalized spacial score (nSPS) is 13.3. The highest BCUT2D eigenvalue weighted by Crippen LogP contribution is 2.29. The van der Waals surface area contributed by atoms with Crippen molar-refractivity contribution in [3.8, 4) is 0 Å². The number of carbonyl (C=O) groups is 1. The molecule has 3 N–H and O–H groups in total. The van der Waals surface area contributed by atoms with Crippen LogP contribution in [0.2, 0.25) is 5.02 Å². The highest BCUT2D eigenvalue weighted by atomic mass is 79.9. The highest BCUT2D eigenvalue weighted by Gasteiger charge is 2.23. The summed E-state index contributed by atoms with van der Waals surface area (Å²) in [7, 11) is -4.00. The van der Waals surface area contributed by atoms with Crippen LogP contribution in [-0.4, -0.2) is 20.4 Å². The molecule has 0 aliphatic rings. The molecule has 0 saturated carbocycles. The van der Waals surface area contributed by atoms with Crippen molar-refractivity contribution in [2.45, 2.75) is 38.1 Å². The molecule has 1 unspecified atom stereocenters. The van der Waals surface area contributed by atoms with Crippen molar-refractivity contribution in [3.05, 3.63) is 27.2 Å². The molecule has 0 aliphatic heterocycles. The van der Waals surface area contributed by atoms with Gasteiger partial charge in [0.2, 0.25) is 10.0 Å². The Morgan fingerprint density at radius 1 is 1.43 bits per heavy atom. The fourth-order valence-corrected chi connectivity index (χ4v) is 3.70. The molecule has 8 heteroatoms. The summed E-state index contributed by atoms with van der Waals surface area (Å²) in [6.45, 7) is 5.95. The third-order valence-corrected chi connectivity index (χ3v) is 5.03. The second-order valence-electron chi connectivity index (χ2n) is 5.04. The minimum absolute atomic E-state index is 0.0227. The second kappa shape index (κ2) is 7.09. The summed E-state index contributed by atoms with van der Waals surface area (Å²) >= 11 is 9.19. The number of amides is 1. The lowest BCUT2D eigenvalue weighted by molar-refractivity contribution is 0.0924. The van der Waals surface area contributed by atoms with E-state index in [9.17, 15) is 13.2 Å².